The van der Waals surface area contributed by atoms with Crippen LogP contribution < -0.4 is 17.0 Å². The summed E-state index contributed by atoms with van der Waals surface area (Å²) in [7, 11) is 2.47. The lowest BCUT2D eigenvalue weighted by molar-refractivity contribution is -0.940. The molecule has 234 valence electrons. The number of hydrogen-bond acceptors (Lipinski definition) is 5. The van der Waals surface area contributed by atoms with Gasteiger partial charge in [-0.1, -0.05) is 20.3 Å². The molecule has 0 bridgehead atoms. The molecule has 10 unspecified atom stereocenters. The Bertz CT molecular complexity index is 964. The molecule has 2 heterocycles. The Morgan fingerprint density at radius 3 is 2.12 bits per heavy atom. The molecule has 4 aliphatic carbocycles. The van der Waals surface area contributed by atoms with Gasteiger partial charge in [-0.3, -0.25) is 14.5 Å². The van der Waals surface area contributed by atoms with Crippen molar-refractivity contribution in [2.75, 3.05) is 33.2 Å². The second kappa shape index (κ2) is 12.0. The van der Waals surface area contributed by atoms with Crippen molar-refractivity contribution in [2.45, 2.75) is 135 Å². The minimum Gasteiger partial charge on any atom is -1.00 e. The number of halogens is 1. The van der Waals surface area contributed by atoms with Gasteiger partial charge < -0.3 is 30.9 Å². The molecule has 2 saturated heterocycles. The van der Waals surface area contributed by atoms with Crippen LogP contribution >= 0.6 is 0 Å². The number of nitrogens with zero attached hydrogens (tertiary/aromatic N) is 2. The molecule has 0 amide bonds. The largest absolute Gasteiger partial charge is 1.00 e. The van der Waals surface area contributed by atoms with Crippen LogP contribution in [0.15, 0.2) is 0 Å². The van der Waals surface area contributed by atoms with E-state index < -0.39 is 0 Å². The number of esters is 2. The summed E-state index contributed by atoms with van der Waals surface area (Å²) >= 11 is 0. The Morgan fingerprint density at radius 2 is 1.46 bits per heavy atom. The van der Waals surface area contributed by atoms with Crippen LogP contribution in [-0.4, -0.2) is 78.8 Å². The second-order valence-corrected chi connectivity index (χ2v) is 15.8. The molecule has 4 saturated carbocycles. The second-order valence-electron chi connectivity index (χ2n) is 15.8. The van der Waals surface area contributed by atoms with Crippen LogP contribution in [-0.2, 0) is 19.1 Å². The van der Waals surface area contributed by atoms with Crippen molar-refractivity contribution >= 4 is 11.9 Å². The maximum absolute atomic E-state index is 12.5. The summed E-state index contributed by atoms with van der Waals surface area (Å²) in [6, 6.07) is 0.796. The van der Waals surface area contributed by atoms with Gasteiger partial charge in [-0.25, -0.2) is 0 Å². The van der Waals surface area contributed by atoms with Crippen molar-refractivity contribution < 1.29 is 40.5 Å². The van der Waals surface area contributed by atoms with Crippen LogP contribution in [0.2, 0.25) is 0 Å². The van der Waals surface area contributed by atoms with Gasteiger partial charge in [0.15, 0.2) is 6.10 Å². The van der Waals surface area contributed by atoms with Crippen LogP contribution in [0, 0.1) is 34.5 Å². The lowest BCUT2D eigenvalue weighted by Gasteiger charge is -2.62. The fourth-order valence-electron chi connectivity index (χ4n) is 11.7. The predicted octanol–water partition coefficient (Wildman–Crippen LogP) is 2.97. The highest BCUT2D eigenvalue weighted by atomic mass is 79.9. The molecular weight excluding hydrogens is 580 g/mol. The zero-order chi connectivity index (χ0) is 28.3. The fraction of sp³-hybridized carbons (Fsp3) is 0.941. The molecule has 6 rings (SSSR count). The van der Waals surface area contributed by atoms with E-state index in [4.69, 9.17) is 9.47 Å². The molecule has 0 aromatic heterocycles. The summed E-state index contributed by atoms with van der Waals surface area (Å²) in [4.78, 5) is 27.4. The zero-order valence-corrected chi connectivity index (χ0v) is 28.1. The molecular formula is C34H57BrN2O4. The van der Waals surface area contributed by atoms with Crippen molar-refractivity contribution in [3.63, 3.8) is 0 Å². The van der Waals surface area contributed by atoms with Gasteiger partial charge in [0.1, 0.15) is 12.1 Å². The molecule has 0 aromatic carbocycles. The van der Waals surface area contributed by atoms with Crippen LogP contribution in [0.5, 0.6) is 0 Å². The number of rotatable bonds is 4. The van der Waals surface area contributed by atoms with Crippen molar-refractivity contribution in [1.82, 2.24) is 4.90 Å². The maximum atomic E-state index is 12.5. The highest BCUT2D eigenvalue weighted by Crippen LogP contribution is 2.67. The molecule has 6 fully saturated rings. The van der Waals surface area contributed by atoms with E-state index in [1.807, 2.05) is 0 Å². The summed E-state index contributed by atoms with van der Waals surface area (Å²) in [6.45, 7) is 13.1. The molecule has 7 heteroatoms. The average Bonchev–Trinajstić information content (AvgIpc) is 3.21. The van der Waals surface area contributed by atoms with Gasteiger partial charge >= 0.3 is 11.9 Å². The summed E-state index contributed by atoms with van der Waals surface area (Å²) in [6.07, 6.45) is 16.3. The number of quaternary nitrogens is 1. The van der Waals surface area contributed by atoms with Crippen LogP contribution in [0.4, 0.5) is 0 Å². The van der Waals surface area contributed by atoms with E-state index in [-0.39, 0.29) is 46.5 Å². The standard InChI is InChI=1S/C34H57N2O4.BrH/c1-23(37)39-31-20-25-12-13-26-27(34(25,4)22-29(31)35-16-8-6-9-17-35)14-15-33(3)28(26)21-30(32(33)40-24(2)38)36(5)18-10-7-11-19-36;/h25-32H,6-22H2,1-5H3;1H/q+1;/p-1. The molecule has 41 heavy (non-hydrogen) atoms. The summed E-state index contributed by atoms with van der Waals surface area (Å²) in [5.41, 5.74) is 0.377. The maximum Gasteiger partial charge on any atom is 0.303 e. The highest BCUT2D eigenvalue weighted by Gasteiger charge is 2.67. The SMILES string of the molecule is CC(=O)OC1CC2CCC3C(CCC4(C)C3CC([N+]3(C)CCCCC3)C4OC(C)=O)C2(C)CC1N1CCCCC1.[Br-]. The van der Waals surface area contributed by atoms with Gasteiger partial charge in [0.25, 0.3) is 0 Å². The molecule has 6 aliphatic rings. The molecule has 2 aliphatic heterocycles. The van der Waals surface area contributed by atoms with Gasteiger partial charge in [0.2, 0.25) is 0 Å². The van der Waals surface area contributed by atoms with Crippen molar-refractivity contribution in [3.05, 3.63) is 0 Å². The van der Waals surface area contributed by atoms with Crippen LogP contribution in [0.3, 0.4) is 0 Å². The summed E-state index contributed by atoms with van der Waals surface area (Å²) in [5.74, 6) is 2.50. The Balaban J connectivity index is 0.00000337. The molecule has 0 aromatic rings. The van der Waals surface area contributed by atoms with Crippen LogP contribution in [0.25, 0.3) is 0 Å². The number of ether oxygens (including phenoxy) is 2. The molecule has 0 radical (unpaired) electrons. The zero-order valence-electron chi connectivity index (χ0n) is 26.5. The van der Waals surface area contributed by atoms with Gasteiger partial charge in [0, 0.05) is 31.7 Å². The van der Waals surface area contributed by atoms with Crippen molar-refractivity contribution in [1.29, 1.82) is 0 Å². The Kier molecular flexibility index (Phi) is 9.32. The monoisotopic (exact) mass is 636 g/mol. The van der Waals surface area contributed by atoms with Gasteiger partial charge in [0.05, 0.1) is 20.1 Å². The first-order valence-corrected chi connectivity index (χ1v) is 17.0. The van der Waals surface area contributed by atoms with Gasteiger partial charge in [-0.2, -0.15) is 0 Å². The van der Waals surface area contributed by atoms with E-state index >= 15 is 0 Å². The fourth-order valence-corrected chi connectivity index (χ4v) is 11.7. The van der Waals surface area contributed by atoms with Gasteiger partial charge in [-0.15, -0.1) is 0 Å². The minimum absolute atomic E-state index is 0. The normalized spacial score (nSPS) is 45.8. The number of fused-ring (bicyclic) bond motifs is 5. The smallest absolute Gasteiger partial charge is 0.303 e. The van der Waals surface area contributed by atoms with Crippen molar-refractivity contribution in [3.8, 4) is 0 Å². The Morgan fingerprint density at radius 1 is 0.805 bits per heavy atom. The third-order valence-corrected chi connectivity index (χ3v) is 13.7. The molecule has 0 spiro atoms. The van der Waals surface area contributed by atoms with E-state index in [9.17, 15) is 9.59 Å². The average molecular weight is 638 g/mol. The summed E-state index contributed by atoms with van der Waals surface area (Å²) < 4.78 is 13.5. The number of likely N-dealkylation sites (N-methyl/N-ethyl adjacent to an activating group) is 1. The number of carbonyl (C=O) groups excluding carboxylic acids is 2. The lowest BCUT2D eigenvalue weighted by atomic mass is 9.44. The third kappa shape index (κ3) is 5.56. The van der Waals surface area contributed by atoms with E-state index in [0.29, 0.717) is 35.3 Å². The third-order valence-electron chi connectivity index (χ3n) is 13.7. The van der Waals surface area contributed by atoms with Crippen molar-refractivity contribution in [2.24, 2.45) is 34.5 Å². The Hall–Kier alpha value is -0.660. The molecule has 10 atom stereocenters. The molecule has 6 nitrogen and oxygen atoms in total. The van der Waals surface area contributed by atoms with Gasteiger partial charge in [-0.05, 0) is 113 Å². The first kappa shape index (κ1) is 31.8. The minimum atomic E-state index is -0.111. The van der Waals surface area contributed by atoms with E-state index in [2.05, 4.69) is 25.8 Å². The molecule has 0 N–H and O–H groups in total. The van der Waals surface area contributed by atoms with E-state index in [0.717, 1.165) is 29.9 Å². The number of carbonyl (C=O) groups is 2. The lowest BCUT2D eigenvalue weighted by Crippen LogP contribution is -3.00. The topological polar surface area (TPSA) is 55.8 Å². The Labute approximate surface area is 260 Å². The predicted molar refractivity (Wildman–Crippen MR) is 156 cm³/mol. The number of hydrogen-bond donors (Lipinski definition) is 0. The number of piperidine rings is 2. The first-order chi connectivity index (χ1) is 19.0. The summed E-state index contributed by atoms with van der Waals surface area (Å²) in [5, 5.41) is 0. The number of likely N-dealkylation sites (tertiary alicyclic amines) is 2. The van der Waals surface area contributed by atoms with E-state index in [1.165, 1.54) is 90.1 Å². The van der Waals surface area contributed by atoms with E-state index in [1.54, 1.807) is 13.8 Å². The first-order valence-electron chi connectivity index (χ1n) is 17.0. The van der Waals surface area contributed by atoms with Crippen LogP contribution in [0.1, 0.15) is 111 Å². The quantitative estimate of drug-likeness (QED) is 0.351. The highest BCUT2D eigenvalue weighted by molar-refractivity contribution is 5.66.